The van der Waals surface area contributed by atoms with Gasteiger partial charge in [0.2, 0.25) is 0 Å². The first-order valence-corrected chi connectivity index (χ1v) is 6.40. The van der Waals surface area contributed by atoms with E-state index in [-0.39, 0.29) is 17.0 Å². The van der Waals surface area contributed by atoms with Crippen LogP contribution in [0.15, 0.2) is 29.1 Å². The number of nitrogens with one attached hydrogen (secondary N) is 1. The van der Waals surface area contributed by atoms with Gasteiger partial charge in [-0.15, -0.1) is 0 Å². The first-order valence-electron chi connectivity index (χ1n) is 6.40. The lowest BCUT2D eigenvalue weighted by Crippen LogP contribution is -2.22. The molecule has 1 heterocycles. The van der Waals surface area contributed by atoms with Crippen molar-refractivity contribution in [1.29, 1.82) is 0 Å². The molecule has 0 saturated carbocycles. The van der Waals surface area contributed by atoms with E-state index in [0.717, 1.165) is 0 Å². The highest BCUT2D eigenvalue weighted by Crippen LogP contribution is 2.26. The Labute approximate surface area is 113 Å². The van der Waals surface area contributed by atoms with E-state index in [9.17, 15) is 9.90 Å². The molecule has 19 heavy (non-hydrogen) atoms. The molecule has 0 atom stereocenters. The number of hydrogen-bond acceptors (Lipinski definition) is 3. The number of benzene rings is 1. The number of aromatic hydroxyl groups is 1. The summed E-state index contributed by atoms with van der Waals surface area (Å²) < 4.78 is 5.70. The van der Waals surface area contributed by atoms with Crippen LogP contribution in [0.3, 0.4) is 0 Å². The fourth-order valence-corrected chi connectivity index (χ4v) is 1.65. The molecule has 0 spiro atoms. The van der Waals surface area contributed by atoms with E-state index in [1.165, 1.54) is 6.07 Å². The summed E-state index contributed by atoms with van der Waals surface area (Å²) in [5, 5.41) is 10.8. The number of fused-ring (bicyclic) bond motifs is 1. The Bertz CT molecular complexity index is 609. The van der Waals surface area contributed by atoms with Gasteiger partial charge >= 0.3 is 0 Å². The third-order valence-corrected chi connectivity index (χ3v) is 2.23. The van der Waals surface area contributed by atoms with E-state index in [1.54, 1.807) is 18.2 Å². The normalized spacial score (nSPS) is 10.8. The Morgan fingerprint density at radius 1 is 1.16 bits per heavy atom. The van der Waals surface area contributed by atoms with Gasteiger partial charge in [-0.2, -0.15) is 0 Å². The maximum absolute atomic E-state index is 11.2. The highest BCUT2D eigenvalue weighted by Gasteiger charge is 2.12. The molecule has 4 nitrogen and oxygen atoms in total. The quantitative estimate of drug-likeness (QED) is 0.828. The summed E-state index contributed by atoms with van der Waals surface area (Å²) >= 11 is 0. The van der Waals surface area contributed by atoms with Crippen LogP contribution in [0.4, 0.5) is 0 Å². The van der Waals surface area contributed by atoms with Gasteiger partial charge in [0.25, 0.3) is 5.56 Å². The minimum Gasteiger partial charge on any atom is -0.494 e. The Morgan fingerprint density at radius 2 is 1.79 bits per heavy atom. The van der Waals surface area contributed by atoms with E-state index in [1.807, 2.05) is 34.6 Å². The van der Waals surface area contributed by atoms with Gasteiger partial charge < -0.3 is 9.84 Å². The van der Waals surface area contributed by atoms with Crippen molar-refractivity contribution >= 4 is 10.8 Å². The lowest BCUT2D eigenvalue weighted by Gasteiger charge is -2.21. The molecule has 0 saturated heterocycles. The molecule has 104 valence electrons. The third kappa shape index (κ3) is 4.02. The lowest BCUT2D eigenvalue weighted by molar-refractivity contribution is 0.131. The van der Waals surface area contributed by atoms with Crippen LogP contribution in [-0.2, 0) is 0 Å². The van der Waals surface area contributed by atoms with Gasteiger partial charge in [-0.05, 0) is 44.4 Å². The van der Waals surface area contributed by atoms with Gasteiger partial charge in [0.15, 0.2) is 5.88 Å². The Balaban J connectivity index is 0.000000861. The maximum atomic E-state index is 11.2. The zero-order valence-corrected chi connectivity index (χ0v) is 12.1. The van der Waals surface area contributed by atoms with E-state index in [4.69, 9.17) is 4.74 Å². The number of pyridine rings is 1. The SMILES string of the molecule is CC.CC(C)(C)Oc1ccc2c(O)[nH]c(=O)cc2c1. The van der Waals surface area contributed by atoms with Crippen molar-refractivity contribution in [2.45, 2.75) is 40.2 Å². The topological polar surface area (TPSA) is 62.3 Å². The van der Waals surface area contributed by atoms with E-state index in [0.29, 0.717) is 16.5 Å². The van der Waals surface area contributed by atoms with Crippen LogP contribution in [-0.4, -0.2) is 15.7 Å². The maximum Gasteiger partial charge on any atom is 0.251 e. The average Bonchev–Trinajstić information content (AvgIpc) is 2.28. The Kier molecular flexibility index (Phi) is 4.59. The Hall–Kier alpha value is -1.97. The second kappa shape index (κ2) is 5.78. The Morgan fingerprint density at radius 3 is 2.37 bits per heavy atom. The highest BCUT2D eigenvalue weighted by atomic mass is 16.5. The monoisotopic (exact) mass is 263 g/mol. The van der Waals surface area contributed by atoms with Crippen LogP contribution < -0.4 is 10.3 Å². The molecule has 4 heteroatoms. The first-order chi connectivity index (χ1) is 8.85. The van der Waals surface area contributed by atoms with Crippen molar-refractivity contribution in [3.05, 3.63) is 34.6 Å². The van der Waals surface area contributed by atoms with Gasteiger partial charge in [0, 0.05) is 11.5 Å². The molecule has 0 aliphatic heterocycles. The molecule has 0 radical (unpaired) electrons. The predicted octanol–water partition coefficient (Wildman–Crippen LogP) is 3.44. The van der Waals surface area contributed by atoms with Crippen molar-refractivity contribution in [2.75, 3.05) is 0 Å². The zero-order chi connectivity index (χ0) is 14.6. The number of aromatic amines is 1. The summed E-state index contributed by atoms with van der Waals surface area (Å²) in [5.74, 6) is 0.560. The van der Waals surface area contributed by atoms with Crippen molar-refractivity contribution < 1.29 is 9.84 Å². The highest BCUT2D eigenvalue weighted by molar-refractivity contribution is 5.87. The summed E-state index contributed by atoms with van der Waals surface area (Å²) in [6.07, 6.45) is 0. The van der Waals surface area contributed by atoms with Crippen LogP contribution in [0.1, 0.15) is 34.6 Å². The standard InChI is InChI=1S/C13H15NO3.C2H6/c1-13(2,3)17-9-4-5-10-8(6-9)7-11(15)14-12(10)16;1-2/h4-7H,1-3H3,(H2,14,15,16);1-2H3. The largest absolute Gasteiger partial charge is 0.494 e. The number of hydrogen-bond donors (Lipinski definition) is 2. The fraction of sp³-hybridized carbons (Fsp3) is 0.400. The average molecular weight is 263 g/mol. The summed E-state index contributed by atoms with van der Waals surface area (Å²) in [4.78, 5) is 13.6. The van der Waals surface area contributed by atoms with E-state index in [2.05, 4.69) is 4.98 Å². The summed E-state index contributed by atoms with van der Waals surface area (Å²) in [5.41, 5.74) is -0.625. The van der Waals surface area contributed by atoms with Gasteiger partial charge in [-0.1, -0.05) is 13.8 Å². The summed E-state index contributed by atoms with van der Waals surface area (Å²) in [7, 11) is 0. The number of H-pyrrole nitrogens is 1. The van der Waals surface area contributed by atoms with E-state index < -0.39 is 0 Å². The number of ether oxygens (including phenoxy) is 1. The van der Waals surface area contributed by atoms with Gasteiger partial charge in [0.1, 0.15) is 11.4 Å². The number of rotatable bonds is 1. The molecule has 0 unspecified atom stereocenters. The first kappa shape index (κ1) is 15.1. The predicted molar refractivity (Wildman–Crippen MR) is 78.0 cm³/mol. The molecule has 1 aromatic heterocycles. The lowest BCUT2D eigenvalue weighted by atomic mass is 10.1. The molecule has 0 amide bonds. The van der Waals surface area contributed by atoms with Crippen molar-refractivity contribution in [3.8, 4) is 11.6 Å². The summed E-state index contributed by atoms with van der Waals surface area (Å²) in [6.45, 7) is 9.85. The molecule has 0 fully saturated rings. The molecule has 2 rings (SSSR count). The second-order valence-electron chi connectivity index (χ2n) is 4.95. The van der Waals surface area contributed by atoms with Crippen molar-refractivity contribution in [1.82, 2.24) is 4.98 Å². The second-order valence-corrected chi connectivity index (χ2v) is 4.95. The minimum absolute atomic E-state index is 0.116. The molecule has 2 N–H and O–H groups in total. The van der Waals surface area contributed by atoms with Gasteiger partial charge in [-0.3, -0.25) is 9.78 Å². The van der Waals surface area contributed by atoms with Crippen LogP contribution in [0.25, 0.3) is 10.8 Å². The summed E-state index contributed by atoms with van der Waals surface area (Å²) in [6, 6.07) is 6.67. The van der Waals surface area contributed by atoms with Crippen LogP contribution in [0.2, 0.25) is 0 Å². The van der Waals surface area contributed by atoms with Crippen LogP contribution >= 0.6 is 0 Å². The molecule has 2 aromatic rings. The smallest absolute Gasteiger partial charge is 0.251 e. The molecular formula is C15H21NO3. The van der Waals surface area contributed by atoms with E-state index >= 15 is 0 Å². The number of aromatic nitrogens is 1. The third-order valence-electron chi connectivity index (χ3n) is 2.23. The van der Waals surface area contributed by atoms with Crippen molar-refractivity contribution in [2.24, 2.45) is 0 Å². The molecule has 0 aliphatic carbocycles. The molecule has 0 aliphatic rings. The zero-order valence-electron chi connectivity index (χ0n) is 12.1. The molecule has 1 aromatic carbocycles. The van der Waals surface area contributed by atoms with Gasteiger partial charge in [0.05, 0.1) is 0 Å². The molecule has 0 bridgehead atoms. The van der Waals surface area contributed by atoms with Crippen LogP contribution in [0.5, 0.6) is 11.6 Å². The van der Waals surface area contributed by atoms with Crippen molar-refractivity contribution in [3.63, 3.8) is 0 Å². The minimum atomic E-state index is -0.331. The van der Waals surface area contributed by atoms with Gasteiger partial charge in [-0.25, -0.2) is 0 Å². The molecular weight excluding hydrogens is 242 g/mol. The fourth-order valence-electron chi connectivity index (χ4n) is 1.65. The van der Waals surface area contributed by atoms with Crippen LogP contribution in [0, 0.1) is 0 Å².